The lowest BCUT2D eigenvalue weighted by Gasteiger charge is -2.28. The molecule has 164 valence electrons. The van der Waals surface area contributed by atoms with Crippen LogP contribution < -0.4 is 10.1 Å². The Bertz CT molecular complexity index is 781. The first-order valence-electron chi connectivity index (χ1n) is 9.97. The Morgan fingerprint density at radius 1 is 1.03 bits per heavy atom. The van der Waals surface area contributed by atoms with Crippen molar-refractivity contribution < 1.29 is 23.0 Å². The zero-order chi connectivity index (χ0) is 21.4. The van der Waals surface area contributed by atoms with Crippen LogP contribution in [0.1, 0.15) is 16.7 Å². The van der Waals surface area contributed by atoms with E-state index in [1.54, 1.807) is 0 Å². The number of alkyl halides is 3. The first kappa shape index (κ1) is 22.9. The number of hydrogen-bond acceptors (Lipinski definition) is 5. The summed E-state index contributed by atoms with van der Waals surface area (Å²) in [5, 5.41) is 13.5. The fourth-order valence-electron chi connectivity index (χ4n) is 3.26. The number of aliphatic hydroxyl groups excluding tert-OH is 1. The summed E-state index contributed by atoms with van der Waals surface area (Å²) < 4.78 is 43.8. The maximum absolute atomic E-state index is 12.6. The van der Waals surface area contributed by atoms with Gasteiger partial charge in [0.15, 0.2) is 0 Å². The zero-order valence-corrected chi connectivity index (χ0v) is 17.5. The largest absolute Gasteiger partial charge is 0.491 e. The number of nitrogens with zero attached hydrogens (tertiary/aromatic N) is 1. The number of β-amino-alcohol motifs (C(OH)–C–C–N with tert-alkyl or cyclic N) is 1. The highest BCUT2D eigenvalue weighted by Crippen LogP contribution is 2.29. The molecule has 1 aliphatic heterocycles. The van der Waals surface area contributed by atoms with Crippen LogP contribution in [0.25, 0.3) is 0 Å². The summed E-state index contributed by atoms with van der Waals surface area (Å²) in [6.45, 7) is 3.77. The van der Waals surface area contributed by atoms with Crippen LogP contribution in [0.15, 0.2) is 48.5 Å². The molecular formula is C22H27F3N2O2S. The predicted molar refractivity (Wildman–Crippen MR) is 114 cm³/mol. The number of aliphatic hydroxyl groups is 1. The summed E-state index contributed by atoms with van der Waals surface area (Å²) in [5.74, 6) is 2.90. The van der Waals surface area contributed by atoms with Crippen molar-refractivity contribution in [3.05, 3.63) is 65.2 Å². The minimum Gasteiger partial charge on any atom is -0.491 e. The van der Waals surface area contributed by atoms with Crippen LogP contribution in [-0.2, 0) is 19.3 Å². The molecule has 0 amide bonds. The van der Waals surface area contributed by atoms with E-state index in [0.29, 0.717) is 25.4 Å². The van der Waals surface area contributed by atoms with Crippen LogP contribution >= 0.6 is 11.8 Å². The molecule has 4 nitrogen and oxygen atoms in total. The van der Waals surface area contributed by atoms with E-state index >= 15 is 0 Å². The molecule has 8 heteroatoms. The average molecular weight is 441 g/mol. The van der Waals surface area contributed by atoms with E-state index in [1.165, 1.54) is 12.1 Å². The van der Waals surface area contributed by atoms with Gasteiger partial charge in [-0.2, -0.15) is 24.9 Å². The Hall–Kier alpha value is -1.74. The molecule has 0 aliphatic carbocycles. The van der Waals surface area contributed by atoms with E-state index < -0.39 is 17.8 Å². The molecule has 1 saturated heterocycles. The van der Waals surface area contributed by atoms with E-state index in [-0.39, 0.29) is 6.61 Å². The normalized spacial score (nSPS) is 16.4. The lowest BCUT2D eigenvalue weighted by atomic mass is 10.1. The molecular weight excluding hydrogens is 413 g/mol. The third kappa shape index (κ3) is 7.19. The number of rotatable bonds is 9. The fraction of sp³-hybridized carbons (Fsp3) is 0.455. The monoisotopic (exact) mass is 440 g/mol. The third-order valence-electron chi connectivity index (χ3n) is 4.90. The highest BCUT2D eigenvalue weighted by Gasteiger charge is 2.29. The molecule has 1 atom stereocenters. The maximum Gasteiger partial charge on any atom is 0.416 e. The van der Waals surface area contributed by atoms with E-state index in [9.17, 15) is 18.3 Å². The van der Waals surface area contributed by atoms with Gasteiger partial charge in [0.25, 0.3) is 0 Å². The quantitative estimate of drug-likeness (QED) is 0.621. The molecule has 2 N–H and O–H groups in total. The Morgan fingerprint density at radius 2 is 1.73 bits per heavy atom. The Morgan fingerprint density at radius 3 is 2.43 bits per heavy atom. The van der Waals surface area contributed by atoms with E-state index in [1.807, 2.05) is 36.0 Å². The fourth-order valence-corrected chi connectivity index (χ4v) is 4.24. The van der Waals surface area contributed by atoms with Crippen molar-refractivity contribution >= 4 is 11.8 Å². The number of nitrogens with one attached hydrogen (secondary N) is 1. The first-order chi connectivity index (χ1) is 14.4. The van der Waals surface area contributed by atoms with Gasteiger partial charge in [0.1, 0.15) is 18.5 Å². The van der Waals surface area contributed by atoms with E-state index in [2.05, 4.69) is 10.2 Å². The van der Waals surface area contributed by atoms with Crippen LogP contribution in [-0.4, -0.2) is 53.9 Å². The van der Waals surface area contributed by atoms with Crippen LogP contribution in [0.3, 0.4) is 0 Å². The van der Waals surface area contributed by atoms with Crippen molar-refractivity contribution in [2.75, 3.05) is 37.7 Å². The molecule has 2 aromatic rings. The number of halogens is 3. The molecule has 0 saturated carbocycles. The van der Waals surface area contributed by atoms with Gasteiger partial charge in [-0.25, -0.2) is 0 Å². The molecule has 2 aromatic carbocycles. The number of benzene rings is 2. The van der Waals surface area contributed by atoms with Crippen molar-refractivity contribution in [1.82, 2.24) is 10.2 Å². The van der Waals surface area contributed by atoms with Crippen molar-refractivity contribution in [2.24, 2.45) is 0 Å². The lowest BCUT2D eigenvalue weighted by molar-refractivity contribution is -0.137. The van der Waals surface area contributed by atoms with Gasteiger partial charge < -0.3 is 15.2 Å². The Kier molecular flexibility index (Phi) is 8.44. The van der Waals surface area contributed by atoms with Gasteiger partial charge in [-0.05, 0) is 23.8 Å². The smallest absolute Gasteiger partial charge is 0.416 e. The summed E-state index contributed by atoms with van der Waals surface area (Å²) in [6.07, 6.45) is -4.87. The van der Waals surface area contributed by atoms with Crippen molar-refractivity contribution in [2.45, 2.75) is 25.4 Å². The van der Waals surface area contributed by atoms with Gasteiger partial charge >= 0.3 is 6.18 Å². The van der Waals surface area contributed by atoms with Gasteiger partial charge in [-0.3, -0.25) is 4.90 Å². The molecule has 3 rings (SSSR count). The predicted octanol–water partition coefficient (Wildman–Crippen LogP) is 3.78. The summed E-state index contributed by atoms with van der Waals surface area (Å²) in [6, 6.07) is 12.7. The second-order valence-electron chi connectivity index (χ2n) is 7.28. The molecule has 30 heavy (non-hydrogen) atoms. The van der Waals surface area contributed by atoms with Crippen molar-refractivity contribution in [3.63, 3.8) is 0 Å². The van der Waals surface area contributed by atoms with Gasteiger partial charge in [0, 0.05) is 49.8 Å². The van der Waals surface area contributed by atoms with Crippen molar-refractivity contribution in [3.8, 4) is 5.75 Å². The molecule has 1 aliphatic rings. The second kappa shape index (κ2) is 11.0. The number of ether oxygens (including phenoxy) is 1. The Balaban J connectivity index is 1.46. The minimum atomic E-state index is -4.32. The number of thioether (sulfide) groups is 1. The van der Waals surface area contributed by atoms with Crippen LogP contribution in [0.4, 0.5) is 13.2 Å². The topological polar surface area (TPSA) is 44.7 Å². The summed E-state index contributed by atoms with van der Waals surface area (Å²) in [4.78, 5) is 2.25. The molecule has 0 bridgehead atoms. The summed E-state index contributed by atoms with van der Waals surface area (Å²) in [5.41, 5.74) is 1.06. The molecule has 0 unspecified atom stereocenters. The number of para-hydroxylation sites is 1. The standard InChI is InChI=1S/C22H27F3N2O2S/c23-22(24,25)19-7-5-17(6-8-19)13-26-14-18-3-1-2-4-21(18)29-16-20(28)15-27-9-11-30-12-10-27/h1-8,20,26,28H,9-16H2/t20-/m0/s1. The average Bonchev–Trinajstić information content (AvgIpc) is 2.73. The van der Waals surface area contributed by atoms with Gasteiger partial charge in [0.05, 0.1) is 5.56 Å². The molecule has 0 radical (unpaired) electrons. The minimum absolute atomic E-state index is 0.222. The first-order valence-corrected chi connectivity index (χ1v) is 11.1. The lowest BCUT2D eigenvalue weighted by Crippen LogP contribution is -2.40. The van der Waals surface area contributed by atoms with Gasteiger partial charge in [-0.15, -0.1) is 0 Å². The van der Waals surface area contributed by atoms with E-state index in [4.69, 9.17) is 4.74 Å². The second-order valence-corrected chi connectivity index (χ2v) is 8.51. The molecule has 1 heterocycles. The molecule has 1 fully saturated rings. The van der Waals surface area contributed by atoms with Crippen LogP contribution in [0, 0.1) is 0 Å². The summed E-state index contributed by atoms with van der Waals surface area (Å²) >= 11 is 1.93. The van der Waals surface area contributed by atoms with Crippen LogP contribution in [0.2, 0.25) is 0 Å². The van der Waals surface area contributed by atoms with Gasteiger partial charge in [0.2, 0.25) is 0 Å². The SMILES string of the molecule is O[C@H](COc1ccccc1CNCc1ccc(C(F)(F)F)cc1)CN1CCSCC1. The van der Waals surface area contributed by atoms with E-state index in [0.717, 1.165) is 47.9 Å². The highest BCUT2D eigenvalue weighted by molar-refractivity contribution is 7.99. The van der Waals surface area contributed by atoms with Crippen molar-refractivity contribution in [1.29, 1.82) is 0 Å². The summed E-state index contributed by atoms with van der Waals surface area (Å²) in [7, 11) is 0. The number of hydrogen-bond donors (Lipinski definition) is 2. The highest BCUT2D eigenvalue weighted by atomic mass is 32.2. The molecule has 0 aromatic heterocycles. The zero-order valence-electron chi connectivity index (χ0n) is 16.7. The molecule has 0 spiro atoms. The maximum atomic E-state index is 12.6. The third-order valence-corrected chi connectivity index (χ3v) is 5.84. The van der Waals surface area contributed by atoms with Gasteiger partial charge in [-0.1, -0.05) is 30.3 Å². The Labute approximate surface area is 179 Å². The van der Waals surface area contributed by atoms with Crippen LogP contribution in [0.5, 0.6) is 5.75 Å².